The van der Waals surface area contributed by atoms with E-state index >= 15 is 0 Å². The molecule has 0 aliphatic carbocycles. The van der Waals surface area contributed by atoms with Gasteiger partial charge < -0.3 is 20.3 Å². The number of aliphatic hydroxyl groups excluding tert-OH is 1. The number of methoxy groups -OCH3 is 1. The van der Waals surface area contributed by atoms with Gasteiger partial charge in [0.05, 0.1) is 12.7 Å². The lowest BCUT2D eigenvalue weighted by molar-refractivity contribution is -0.00703. The molecule has 2 atom stereocenters. The maximum atomic E-state index is 8.56. The zero-order valence-corrected chi connectivity index (χ0v) is 8.53. The molecule has 0 aliphatic heterocycles. The molecule has 2 unspecified atom stereocenters. The standard InChI is InChI=1S/C9H21NO3/c1-8(7-12-2)9(6-10)13-5-3-4-11/h8-9,11H,3-7,10H2,1-2H3. The Bertz CT molecular complexity index is 111. The fourth-order valence-electron chi connectivity index (χ4n) is 1.13. The van der Waals surface area contributed by atoms with Gasteiger partial charge in [0.25, 0.3) is 0 Å². The van der Waals surface area contributed by atoms with E-state index in [4.69, 9.17) is 20.3 Å². The molecule has 0 amide bonds. The van der Waals surface area contributed by atoms with Gasteiger partial charge in [0, 0.05) is 32.8 Å². The summed E-state index contributed by atoms with van der Waals surface area (Å²) in [7, 11) is 1.66. The zero-order valence-electron chi connectivity index (χ0n) is 8.53. The Morgan fingerprint density at radius 2 is 2.15 bits per heavy atom. The van der Waals surface area contributed by atoms with Crippen LogP contribution in [0.25, 0.3) is 0 Å². The molecule has 0 aromatic heterocycles. The summed E-state index contributed by atoms with van der Waals surface area (Å²) in [6.07, 6.45) is 0.697. The van der Waals surface area contributed by atoms with E-state index in [1.807, 2.05) is 6.92 Å². The second kappa shape index (κ2) is 8.44. The van der Waals surface area contributed by atoms with Crippen LogP contribution in [0.4, 0.5) is 0 Å². The van der Waals surface area contributed by atoms with Gasteiger partial charge in [-0.05, 0) is 6.42 Å². The van der Waals surface area contributed by atoms with Crippen molar-refractivity contribution in [2.45, 2.75) is 19.4 Å². The van der Waals surface area contributed by atoms with Crippen molar-refractivity contribution in [3.05, 3.63) is 0 Å². The van der Waals surface area contributed by atoms with Gasteiger partial charge in [-0.1, -0.05) is 6.92 Å². The first kappa shape index (κ1) is 12.8. The van der Waals surface area contributed by atoms with Crippen LogP contribution >= 0.6 is 0 Å². The molecule has 0 spiro atoms. The van der Waals surface area contributed by atoms with E-state index in [0.717, 1.165) is 0 Å². The Labute approximate surface area is 80.0 Å². The van der Waals surface area contributed by atoms with Crippen LogP contribution in [0.2, 0.25) is 0 Å². The molecular formula is C9H21NO3. The maximum Gasteiger partial charge on any atom is 0.0744 e. The van der Waals surface area contributed by atoms with Gasteiger partial charge in [0.1, 0.15) is 0 Å². The van der Waals surface area contributed by atoms with Gasteiger partial charge >= 0.3 is 0 Å². The quantitative estimate of drug-likeness (QED) is 0.530. The number of ether oxygens (including phenoxy) is 2. The van der Waals surface area contributed by atoms with Crippen molar-refractivity contribution in [3.63, 3.8) is 0 Å². The highest BCUT2D eigenvalue weighted by molar-refractivity contribution is 4.66. The number of hydrogen-bond acceptors (Lipinski definition) is 4. The predicted molar refractivity (Wildman–Crippen MR) is 51.5 cm³/mol. The van der Waals surface area contributed by atoms with Gasteiger partial charge in [-0.2, -0.15) is 0 Å². The predicted octanol–water partition coefficient (Wildman–Crippen LogP) is -0.00480. The Kier molecular flexibility index (Phi) is 8.33. The Morgan fingerprint density at radius 1 is 1.46 bits per heavy atom. The van der Waals surface area contributed by atoms with E-state index in [-0.39, 0.29) is 12.7 Å². The van der Waals surface area contributed by atoms with Crippen LogP contribution in [0.15, 0.2) is 0 Å². The Hall–Kier alpha value is -0.160. The summed E-state index contributed by atoms with van der Waals surface area (Å²) in [5.74, 6) is 0.300. The Balaban J connectivity index is 3.60. The molecule has 0 saturated heterocycles. The minimum absolute atomic E-state index is 0.0338. The van der Waals surface area contributed by atoms with Crippen LogP contribution in [-0.4, -0.2) is 44.7 Å². The molecule has 0 bridgehead atoms. The monoisotopic (exact) mass is 191 g/mol. The van der Waals surface area contributed by atoms with E-state index in [0.29, 0.717) is 32.1 Å². The summed E-state index contributed by atoms with van der Waals surface area (Å²) in [6, 6.07) is 0. The lowest BCUT2D eigenvalue weighted by atomic mass is 10.1. The van der Waals surface area contributed by atoms with Crippen LogP contribution in [-0.2, 0) is 9.47 Å². The molecule has 4 heteroatoms. The molecule has 3 N–H and O–H groups in total. The van der Waals surface area contributed by atoms with Gasteiger partial charge in [-0.3, -0.25) is 0 Å². The van der Waals surface area contributed by atoms with Crippen molar-refractivity contribution in [2.24, 2.45) is 11.7 Å². The first-order valence-corrected chi connectivity index (χ1v) is 4.67. The molecule has 0 saturated carbocycles. The van der Waals surface area contributed by atoms with E-state index < -0.39 is 0 Å². The molecule has 4 nitrogen and oxygen atoms in total. The molecule has 0 aromatic rings. The number of rotatable bonds is 8. The van der Waals surface area contributed by atoms with Crippen LogP contribution in [0.3, 0.4) is 0 Å². The largest absolute Gasteiger partial charge is 0.396 e. The average Bonchev–Trinajstić information content (AvgIpc) is 2.13. The van der Waals surface area contributed by atoms with Crippen molar-refractivity contribution >= 4 is 0 Å². The summed E-state index contributed by atoms with van der Waals surface area (Å²) < 4.78 is 10.5. The average molecular weight is 191 g/mol. The molecule has 13 heavy (non-hydrogen) atoms. The van der Waals surface area contributed by atoms with Crippen molar-refractivity contribution < 1.29 is 14.6 Å². The van der Waals surface area contributed by atoms with Gasteiger partial charge in [-0.15, -0.1) is 0 Å². The van der Waals surface area contributed by atoms with Gasteiger partial charge in [-0.25, -0.2) is 0 Å². The molecular weight excluding hydrogens is 170 g/mol. The highest BCUT2D eigenvalue weighted by atomic mass is 16.5. The smallest absolute Gasteiger partial charge is 0.0744 e. The second-order valence-electron chi connectivity index (χ2n) is 3.15. The Morgan fingerprint density at radius 3 is 2.62 bits per heavy atom. The van der Waals surface area contributed by atoms with E-state index in [9.17, 15) is 0 Å². The summed E-state index contributed by atoms with van der Waals surface area (Å²) >= 11 is 0. The molecule has 0 aromatic carbocycles. The summed E-state index contributed by atoms with van der Waals surface area (Å²) in [4.78, 5) is 0. The SMILES string of the molecule is COCC(C)C(CN)OCCCO. The van der Waals surface area contributed by atoms with Crippen molar-refractivity contribution in [2.75, 3.05) is 33.5 Å². The summed E-state index contributed by atoms with van der Waals surface area (Å²) in [5.41, 5.74) is 5.54. The van der Waals surface area contributed by atoms with Crippen LogP contribution in [0.1, 0.15) is 13.3 Å². The fourth-order valence-corrected chi connectivity index (χ4v) is 1.13. The van der Waals surface area contributed by atoms with Gasteiger partial charge in [0.15, 0.2) is 0 Å². The lowest BCUT2D eigenvalue weighted by Crippen LogP contribution is -2.33. The highest BCUT2D eigenvalue weighted by Crippen LogP contribution is 2.06. The van der Waals surface area contributed by atoms with E-state index in [1.165, 1.54) is 0 Å². The topological polar surface area (TPSA) is 64.7 Å². The fraction of sp³-hybridized carbons (Fsp3) is 1.00. The van der Waals surface area contributed by atoms with Crippen molar-refractivity contribution in [3.8, 4) is 0 Å². The third-order valence-corrected chi connectivity index (χ3v) is 1.93. The molecule has 0 heterocycles. The highest BCUT2D eigenvalue weighted by Gasteiger charge is 2.15. The molecule has 0 aliphatic rings. The van der Waals surface area contributed by atoms with Gasteiger partial charge in [0.2, 0.25) is 0 Å². The molecule has 0 fully saturated rings. The minimum atomic E-state index is 0.0338. The zero-order chi connectivity index (χ0) is 10.1. The molecule has 80 valence electrons. The first-order valence-electron chi connectivity index (χ1n) is 4.67. The molecule has 0 rings (SSSR count). The number of aliphatic hydroxyl groups is 1. The van der Waals surface area contributed by atoms with Crippen LogP contribution < -0.4 is 5.73 Å². The van der Waals surface area contributed by atoms with E-state index in [1.54, 1.807) is 7.11 Å². The lowest BCUT2D eigenvalue weighted by Gasteiger charge is -2.22. The minimum Gasteiger partial charge on any atom is -0.396 e. The maximum absolute atomic E-state index is 8.56. The van der Waals surface area contributed by atoms with E-state index in [2.05, 4.69) is 0 Å². The first-order chi connectivity index (χ1) is 6.26. The third kappa shape index (κ3) is 5.99. The number of nitrogens with two attached hydrogens (primary N) is 1. The van der Waals surface area contributed by atoms with Crippen LogP contribution in [0, 0.1) is 5.92 Å². The summed E-state index contributed by atoms with van der Waals surface area (Å²) in [6.45, 7) is 3.92. The second-order valence-corrected chi connectivity index (χ2v) is 3.15. The molecule has 0 radical (unpaired) electrons. The summed E-state index contributed by atoms with van der Waals surface area (Å²) in [5, 5.41) is 8.56. The third-order valence-electron chi connectivity index (χ3n) is 1.93. The van der Waals surface area contributed by atoms with Crippen LogP contribution in [0.5, 0.6) is 0 Å². The van der Waals surface area contributed by atoms with Crippen molar-refractivity contribution in [1.82, 2.24) is 0 Å². The number of hydrogen-bond donors (Lipinski definition) is 2. The van der Waals surface area contributed by atoms with Crippen molar-refractivity contribution in [1.29, 1.82) is 0 Å². The normalized spacial score (nSPS) is 15.7.